The van der Waals surface area contributed by atoms with Crippen molar-refractivity contribution in [3.05, 3.63) is 53.6 Å². The van der Waals surface area contributed by atoms with Crippen molar-refractivity contribution in [3.8, 4) is 11.5 Å². The molecule has 0 atom stereocenters. The van der Waals surface area contributed by atoms with Crippen molar-refractivity contribution in [1.29, 1.82) is 0 Å². The van der Waals surface area contributed by atoms with Crippen LogP contribution < -0.4 is 14.8 Å². The molecule has 0 heterocycles. The third-order valence-electron chi connectivity index (χ3n) is 3.89. The van der Waals surface area contributed by atoms with Crippen LogP contribution in [0.3, 0.4) is 0 Å². The second-order valence-corrected chi connectivity index (χ2v) is 6.04. The Labute approximate surface area is 153 Å². The van der Waals surface area contributed by atoms with Crippen molar-refractivity contribution in [2.24, 2.45) is 0 Å². The van der Waals surface area contributed by atoms with Gasteiger partial charge in [-0.15, -0.1) is 0 Å². The smallest absolute Gasteiger partial charge is 0.238 e. The molecule has 2 aromatic carbocycles. The lowest BCUT2D eigenvalue weighted by atomic mass is 10.1. The Hall–Kier alpha value is -2.86. The molecule has 2 aromatic rings. The largest absolute Gasteiger partial charge is 0.493 e. The van der Waals surface area contributed by atoms with E-state index in [9.17, 15) is 9.59 Å². The van der Waals surface area contributed by atoms with Crippen LogP contribution in [0.15, 0.2) is 42.5 Å². The lowest BCUT2D eigenvalue weighted by Gasteiger charge is -2.17. The maximum absolute atomic E-state index is 12.2. The number of methoxy groups -OCH3 is 2. The first-order chi connectivity index (χ1) is 12.4. The summed E-state index contributed by atoms with van der Waals surface area (Å²) in [6.45, 7) is 2.34. The van der Waals surface area contributed by atoms with Crippen LogP contribution in [0.1, 0.15) is 22.8 Å². The van der Waals surface area contributed by atoms with Crippen LogP contribution in [-0.4, -0.2) is 44.4 Å². The first-order valence-corrected chi connectivity index (χ1v) is 8.23. The molecule has 0 radical (unpaired) electrons. The molecule has 2 rings (SSSR count). The third-order valence-corrected chi connectivity index (χ3v) is 3.89. The summed E-state index contributed by atoms with van der Waals surface area (Å²) in [6.07, 6.45) is 0. The minimum atomic E-state index is -0.122. The van der Waals surface area contributed by atoms with Gasteiger partial charge in [-0.2, -0.15) is 0 Å². The molecule has 0 unspecified atom stereocenters. The number of likely N-dealkylation sites (N-methyl/N-ethyl adjacent to an activating group) is 1. The second kappa shape index (κ2) is 9.01. The van der Waals surface area contributed by atoms with Crippen LogP contribution in [0, 0.1) is 0 Å². The summed E-state index contributed by atoms with van der Waals surface area (Å²) in [5.41, 5.74) is 2.30. The van der Waals surface area contributed by atoms with E-state index in [1.54, 1.807) is 38.5 Å². The van der Waals surface area contributed by atoms with Gasteiger partial charge in [-0.05, 0) is 55.9 Å². The number of hydrogen-bond acceptors (Lipinski definition) is 5. The minimum Gasteiger partial charge on any atom is -0.493 e. The van der Waals surface area contributed by atoms with Gasteiger partial charge in [-0.1, -0.05) is 6.07 Å². The maximum atomic E-state index is 12.2. The lowest BCUT2D eigenvalue weighted by molar-refractivity contribution is -0.117. The fourth-order valence-electron chi connectivity index (χ4n) is 2.58. The van der Waals surface area contributed by atoms with E-state index in [4.69, 9.17) is 9.47 Å². The summed E-state index contributed by atoms with van der Waals surface area (Å²) < 4.78 is 10.5. The highest BCUT2D eigenvalue weighted by molar-refractivity contribution is 5.96. The Bertz CT molecular complexity index is 772. The standard InChI is InChI=1S/C20H24N2O4/c1-14(23)16-6-8-17(9-7-16)21-20(24)13-22(2)12-15-5-10-18(25-3)19(11-15)26-4/h5-11H,12-13H2,1-4H3,(H,21,24). The molecule has 6 nitrogen and oxygen atoms in total. The minimum absolute atomic E-state index is 0.00229. The van der Waals surface area contributed by atoms with Crippen LogP contribution in [0.2, 0.25) is 0 Å². The van der Waals surface area contributed by atoms with Crippen molar-refractivity contribution >= 4 is 17.4 Å². The van der Waals surface area contributed by atoms with Gasteiger partial charge in [0.1, 0.15) is 0 Å². The summed E-state index contributed by atoms with van der Waals surface area (Å²) in [5, 5.41) is 2.83. The van der Waals surface area contributed by atoms with Gasteiger partial charge in [-0.3, -0.25) is 14.5 Å². The molecule has 1 N–H and O–H groups in total. The molecular weight excluding hydrogens is 332 g/mol. The van der Waals surface area contributed by atoms with Crippen molar-refractivity contribution < 1.29 is 19.1 Å². The third kappa shape index (κ3) is 5.32. The van der Waals surface area contributed by atoms with Crippen LogP contribution in [0.25, 0.3) is 0 Å². The zero-order valence-electron chi connectivity index (χ0n) is 15.5. The Morgan fingerprint density at radius 1 is 1.00 bits per heavy atom. The van der Waals surface area contributed by atoms with E-state index >= 15 is 0 Å². The number of ketones is 1. The zero-order chi connectivity index (χ0) is 19.1. The highest BCUT2D eigenvalue weighted by atomic mass is 16.5. The quantitative estimate of drug-likeness (QED) is 0.737. The van der Waals surface area contributed by atoms with Crippen molar-refractivity contribution in [3.63, 3.8) is 0 Å². The molecule has 26 heavy (non-hydrogen) atoms. The molecule has 0 saturated heterocycles. The number of hydrogen-bond donors (Lipinski definition) is 1. The fourth-order valence-corrected chi connectivity index (χ4v) is 2.58. The average Bonchev–Trinajstić information content (AvgIpc) is 2.61. The summed E-state index contributed by atoms with van der Waals surface area (Å²) >= 11 is 0. The van der Waals surface area contributed by atoms with Gasteiger partial charge >= 0.3 is 0 Å². The number of anilines is 1. The number of amides is 1. The van der Waals surface area contributed by atoms with Gasteiger partial charge in [0.2, 0.25) is 5.91 Å². The number of rotatable bonds is 8. The van der Waals surface area contributed by atoms with Gasteiger partial charge in [0, 0.05) is 17.8 Å². The fraction of sp³-hybridized carbons (Fsp3) is 0.300. The monoisotopic (exact) mass is 356 g/mol. The summed E-state index contributed by atoms with van der Waals surface area (Å²) in [4.78, 5) is 25.4. The number of nitrogens with one attached hydrogen (secondary N) is 1. The van der Waals surface area contributed by atoms with Gasteiger partial charge in [0.15, 0.2) is 17.3 Å². The number of benzene rings is 2. The van der Waals surface area contributed by atoms with E-state index in [0.717, 1.165) is 5.56 Å². The molecule has 1 amide bonds. The molecule has 0 spiro atoms. The molecule has 138 valence electrons. The van der Waals surface area contributed by atoms with Crippen LogP contribution in [0.4, 0.5) is 5.69 Å². The summed E-state index contributed by atoms with van der Waals surface area (Å²) in [7, 11) is 5.06. The maximum Gasteiger partial charge on any atom is 0.238 e. The van der Waals surface area contributed by atoms with E-state index in [1.165, 1.54) is 6.92 Å². The molecule has 0 aliphatic heterocycles. The van der Waals surface area contributed by atoms with Crippen LogP contribution in [-0.2, 0) is 11.3 Å². The topological polar surface area (TPSA) is 67.9 Å². The zero-order valence-corrected chi connectivity index (χ0v) is 15.5. The number of carbonyl (C=O) groups is 2. The summed E-state index contributed by atoms with van der Waals surface area (Å²) in [6, 6.07) is 12.5. The van der Waals surface area contributed by atoms with E-state index in [1.807, 2.05) is 30.1 Å². The highest BCUT2D eigenvalue weighted by Crippen LogP contribution is 2.27. The van der Waals surface area contributed by atoms with Gasteiger partial charge in [0.05, 0.1) is 20.8 Å². The van der Waals surface area contributed by atoms with E-state index in [-0.39, 0.29) is 18.2 Å². The van der Waals surface area contributed by atoms with Crippen molar-refractivity contribution in [2.75, 3.05) is 33.1 Å². The van der Waals surface area contributed by atoms with Crippen LogP contribution in [0.5, 0.6) is 11.5 Å². The Balaban J connectivity index is 1.91. The summed E-state index contributed by atoms with van der Waals surface area (Å²) in [5.74, 6) is 1.21. The van der Waals surface area contributed by atoms with E-state index < -0.39 is 0 Å². The van der Waals surface area contributed by atoms with Gasteiger partial charge in [-0.25, -0.2) is 0 Å². The average molecular weight is 356 g/mol. The number of Topliss-reactive ketones (excluding diaryl/α,β-unsaturated/α-hetero) is 1. The molecule has 6 heteroatoms. The predicted molar refractivity (Wildman–Crippen MR) is 101 cm³/mol. The van der Waals surface area contributed by atoms with E-state index in [2.05, 4.69) is 5.32 Å². The SMILES string of the molecule is COc1ccc(CN(C)CC(=O)Nc2ccc(C(C)=O)cc2)cc1OC. The molecule has 0 aliphatic carbocycles. The number of carbonyl (C=O) groups excluding carboxylic acids is 2. The Morgan fingerprint density at radius 2 is 1.65 bits per heavy atom. The van der Waals surface area contributed by atoms with Crippen molar-refractivity contribution in [2.45, 2.75) is 13.5 Å². The predicted octanol–water partition coefficient (Wildman–Crippen LogP) is 2.98. The molecule has 0 aliphatic rings. The Morgan fingerprint density at radius 3 is 2.23 bits per heavy atom. The number of nitrogens with zero attached hydrogens (tertiary/aromatic N) is 1. The highest BCUT2D eigenvalue weighted by Gasteiger charge is 2.10. The number of ether oxygens (including phenoxy) is 2. The second-order valence-electron chi connectivity index (χ2n) is 6.04. The Kier molecular flexibility index (Phi) is 6.74. The molecule has 0 saturated carbocycles. The van der Waals surface area contributed by atoms with Gasteiger partial charge < -0.3 is 14.8 Å². The molecule has 0 fully saturated rings. The molecular formula is C20H24N2O4. The van der Waals surface area contributed by atoms with Crippen LogP contribution >= 0.6 is 0 Å². The van der Waals surface area contributed by atoms with Crippen molar-refractivity contribution in [1.82, 2.24) is 4.90 Å². The first-order valence-electron chi connectivity index (χ1n) is 8.23. The lowest BCUT2D eigenvalue weighted by Crippen LogP contribution is -2.29. The molecule has 0 bridgehead atoms. The van der Waals surface area contributed by atoms with E-state index in [0.29, 0.717) is 29.3 Å². The first kappa shape index (κ1) is 19.5. The van der Waals surface area contributed by atoms with Gasteiger partial charge in [0.25, 0.3) is 0 Å². The molecule has 0 aromatic heterocycles. The normalized spacial score (nSPS) is 10.5.